The second-order valence-electron chi connectivity index (χ2n) is 7.72. The highest BCUT2D eigenvalue weighted by atomic mass is 16.1. The van der Waals surface area contributed by atoms with Gasteiger partial charge in [0.25, 0.3) is 5.91 Å². The Morgan fingerprint density at radius 3 is 2.52 bits per heavy atom. The van der Waals surface area contributed by atoms with Crippen LogP contribution in [-0.2, 0) is 6.54 Å². The van der Waals surface area contributed by atoms with Crippen molar-refractivity contribution in [3.63, 3.8) is 0 Å². The third-order valence-electron chi connectivity index (χ3n) is 5.51. The minimum Gasteiger partial charge on any atom is -0.322 e. The first-order chi connectivity index (χ1) is 13.2. The summed E-state index contributed by atoms with van der Waals surface area (Å²) in [6.45, 7) is 3.05. The third kappa shape index (κ3) is 6.17. The highest BCUT2D eigenvalue weighted by Gasteiger charge is 2.16. The zero-order valence-corrected chi connectivity index (χ0v) is 16.3. The van der Waals surface area contributed by atoms with Crippen molar-refractivity contribution in [2.75, 3.05) is 5.32 Å². The number of hydrogen-bond acceptors (Lipinski definition) is 3. The number of rotatable bonds is 7. The number of carbonyl (C=O) groups is 1. The van der Waals surface area contributed by atoms with Crippen LogP contribution >= 0.6 is 0 Å². The molecule has 0 aliphatic heterocycles. The number of nitrogens with zero attached hydrogens (tertiary/aromatic N) is 1. The summed E-state index contributed by atoms with van der Waals surface area (Å²) in [5, 5.41) is 6.69. The summed E-state index contributed by atoms with van der Waals surface area (Å²) in [6.07, 6.45) is 12.9. The van der Waals surface area contributed by atoms with Gasteiger partial charge in [-0.25, -0.2) is 0 Å². The van der Waals surface area contributed by atoms with E-state index in [2.05, 4.69) is 28.6 Å². The highest BCUT2D eigenvalue weighted by Crippen LogP contribution is 2.26. The lowest BCUT2D eigenvalue weighted by Crippen LogP contribution is -2.28. The Bertz CT molecular complexity index is 709. The lowest BCUT2D eigenvalue weighted by atomic mass is 9.93. The lowest BCUT2D eigenvalue weighted by Gasteiger charge is -2.21. The van der Waals surface area contributed by atoms with Gasteiger partial charge in [-0.05, 0) is 43.0 Å². The third-order valence-corrected chi connectivity index (χ3v) is 5.51. The first-order valence-corrected chi connectivity index (χ1v) is 10.2. The molecule has 1 atom stereocenters. The molecule has 1 fully saturated rings. The monoisotopic (exact) mass is 365 g/mol. The van der Waals surface area contributed by atoms with Gasteiger partial charge in [-0.1, -0.05) is 56.7 Å². The maximum absolute atomic E-state index is 12.4. The van der Waals surface area contributed by atoms with Gasteiger partial charge in [-0.15, -0.1) is 0 Å². The van der Waals surface area contributed by atoms with Gasteiger partial charge in [0.1, 0.15) is 0 Å². The van der Waals surface area contributed by atoms with Crippen LogP contribution < -0.4 is 10.6 Å². The summed E-state index contributed by atoms with van der Waals surface area (Å²) in [6, 6.07) is 12.0. The molecule has 1 heterocycles. The fourth-order valence-electron chi connectivity index (χ4n) is 3.96. The largest absolute Gasteiger partial charge is 0.322 e. The first kappa shape index (κ1) is 19.6. The van der Waals surface area contributed by atoms with Crippen molar-refractivity contribution >= 4 is 11.6 Å². The van der Waals surface area contributed by atoms with E-state index in [9.17, 15) is 4.79 Å². The van der Waals surface area contributed by atoms with E-state index in [4.69, 9.17) is 0 Å². The molecule has 4 heteroatoms. The van der Waals surface area contributed by atoms with Crippen LogP contribution in [-0.4, -0.2) is 16.9 Å². The van der Waals surface area contributed by atoms with Gasteiger partial charge in [0.2, 0.25) is 0 Å². The number of amides is 1. The van der Waals surface area contributed by atoms with Crippen molar-refractivity contribution in [3.8, 4) is 0 Å². The second-order valence-corrected chi connectivity index (χ2v) is 7.72. The Hall–Kier alpha value is -2.20. The Morgan fingerprint density at radius 1 is 1.07 bits per heavy atom. The molecule has 1 amide bonds. The molecule has 1 aliphatic rings. The zero-order valence-electron chi connectivity index (χ0n) is 16.3. The Balaban J connectivity index is 1.55. The minimum absolute atomic E-state index is 0.101. The second kappa shape index (κ2) is 10.2. The number of aromatic nitrogens is 1. The minimum atomic E-state index is -0.101. The van der Waals surface area contributed by atoms with E-state index in [0.29, 0.717) is 11.6 Å². The fourth-order valence-corrected chi connectivity index (χ4v) is 3.96. The number of hydrogen-bond donors (Lipinski definition) is 2. The maximum Gasteiger partial charge on any atom is 0.255 e. The van der Waals surface area contributed by atoms with Crippen LogP contribution in [0.5, 0.6) is 0 Å². The van der Waals surface area contributed by atoms with Crippen LogP contribution in [0.3, 0.4) is 0 Å². The van der Waals surface area contributed by atoms with Crippen LogP contribution in [0, 0.1) is 5.92 Å². The predicted octanol–water partition coefficient (Wildman–Crippen LogP) is 5.17. The van der Waals surface area contributed by atoms with Crippen molar-refractivity contribution in [2.24, 2.45) is 5.92 Å². The highest BCUT2D eigenvalue weighted by molar-refractivity contribution is 6.04. The van der Waals surface area contributed by atoms with E-state index in [1.165, 1.54) is 44.9 Å². The molecule has 0 saturated heterocycles. The molecule has 1 unspecified atom stereocenters. The summed E-state index contributed by atoms with van der Waals surface area (Å²) in [5.74, 6) is 0.757. The van der Waals surface area contributed by atoms with Gasteiger partial charge in [0, 0.05) is 36.2 Å². The molecule has 4 nitrogen and oxygen atoms in total. The predicted molar refractivity (Wildman–Crippen MR) is 111 cm³/mol. The molecule has 1 aromatic heterocycles. The van der Waals surface area contributed by atoms with Crippen LogP contribution in [0.4, 0.5) is 5.69 Å². The fraction of sp³-hybridized carbons (Fsp3) is 0.478. The number of benzene rings is 1. The molecule has 1 saturated carbocycles. The van der Waals surface area contributed by atoms with E-state index >= 15 is 0 Å². The molecule has 1 aliphatic carbocycles. The van der Waals surface area contributed by atoms with E-state index in [1.807, 2.05) is 18.2 Å². The van der Waals surface area contributed by atoms with Gasteiger partial charge >= 0.3 is 0 Å². The van der Waals surface area contributed by atoms with Crippen LogP contribution in [0.15, 0.2) is 48.8 Å². The average molecular weight is 366 g/mol. The number of pyridine rings is 1. The number of carbonyl (C=O) groups excluding carboxylic acids is 1. The molecular formula is C23H31N3O. The molecule has 3 rings (SSSR count). The zero-order chi connectivity index (χ0) is 18.9. The van der Waals surface area contributed by atoms with Gasteiger partial charge < -0.3 is 10.6 Å². The van der Waals surface area contributed by atoms with Crippen LogP contribution in [0.1, 0.15) is 67.8 Å². The molecule has 0 bridgehead atoms. The van der Waals surface area contributed by atoms with Crippen molar-refractivity contribution in [1.82, 2.24) is 10.3 Å². The molecule has 0 radical (unpaired) electrons. The van der Waals surface area contributed by atoms with Gasteiger partial charge in [0.15, 0.2) is 0 Å². The molecule has 27 heavy (non-hydrogen) atoms. The summed E-state index contributed by atoms with van der Waals surface area (Å²) in [4.78, 5) is 16.4. The quantitative estimate of drug-likeness (QED) is 0.665. The standard InChI is InChI=1S/C23H31N3O/c1-18(16-19-8-4-2-3-5-9-19)25-17-21-10-6-7-11-22(21)26-23(27)20-12-14-24-15-13-20/h6-7,10-15,18-19,25H,2-5,8-9,16-17H2,1H3,(H,26,27). The number of anilines is 1. The van der Waals surface area contributed by atoms with Crippen LogP contribution in [0.25, 0.3) is 0 Å². The van der Waals surface area contributed by atoms with E-state index in [-0.39, 0.29) is 5.91 Å². The number of nitrogens with one attached hydrogen (secondary N) is 2. The van der Waals surface area contributed by atoms with E-state index < -0.39 is 0 Å². The molecule has 144 valence electrons. The van der Waals surface area contributed by atoms with Crippen molar-refractivity contribution in [3.05, 3.63) is 59.9 Å². The van der Waals surface area contributed by atoms with Gasteiger partial charge in [-0.2, -0.15) is 0 Å². The lowest BCUT2D eigenvalue weighted by molar-refractivity contribution is 0.102. The van der Waals surface area contributed by atoms with E-state index in [0.717, 1.165) is 23.7 Å². The van der Waals surface area contributed by atoms with Gasteiger partial charge in [-0.3, -0.25) is 9.78 Å². The normalized spacial score (nSPS) is 16.5. The summed E-state index contributed by atoms with van der Waals surface area (Å²) >= 11 is 0. The van der Waals surface area contributed by atoms with Crippen LogP contribution in [0.2, 0.25) is 0 Å². The SMILES string of the molecule is CC(CC1CCCCCC1)NCc1ccccc1NC(=O)c1ccncc1. The van der Waals surface area contributed by atoms with Crippen molar-refractivity contribution in [2.45, 2.75) is 64.5 Å². The summed E-state index contributed by atoms with van der Waals surface area (Å²) in [7, 11) is 0. The first-order valence-electron chi connectivity index (χ1n) is 10.2. The van der Waals surface area contributed by atoms with E-state index in [1.54, 1.807) is 24.5 Å². The molecular weight excluding hydrogens is 334 g/mol. The van der Waals surface area contributed by atoms with Gasteiger partial charge in [0.05, 0.1) is 0 Å². The smallest absolute Gasteiger partial charge is 0.255 e. The average Bonchev–Trinajstić information content (AvgIpc) is 2.96. The summed E-state index contributed by atoms with van der Waals surface area (Å²) in [5.41, 5.74) is 2.61. The Kier molecular flexibility index (Phi) is 7.40. The summed E-state index contributed by atoms with van der Waals surface area (Å²) < 4.78 is 0. The maximum atomic E-state index is 12.4. The Labute approximate surface area is 162 Å². The number of para-hydroxylation sites is 1. The van der Waals surface area contributed by atoms with Crippen molar-refractivity contribution < 1.29 is 4.79 Å². The molecule has 2 aromatic rings. The Morgan fingerprint density at radius 2 is 1.78 bits per heavy atom. The topological polar surface area (TPSA) is 54.0 Å². The van der Waals surface area contributed by atoms with Crippen molar-refractivity contribution in [1.29, 1.82) is 0 Å². The molecule has 0 spiro atoms. The molecule has 1 aromatic carbocycles. The molecule has 2 N–H and O–H groups in total.